The fraction of sp³-hybridized carbons (Fsp3) is 0.143. The molecule has 4 aromatic rings. The molecule has 4 nitrogen and oxygen atoms in total. The second-order valence-corrected chi connectivity index (χ2v) is 6.92. The van der Waals surface area contributed by atoms with Crippen molar-refractivity contribution in [3.8, 4) is 5.75 Å². The van der Waals surface area contributed by atoms with Crippen LogP contribution < -0.4 is 9.64 Å². The lowest BCUT2D eigenvalue weighted by Gasteiger charge is -2.19. The lowest BCUT2D eigenvalue weighted by atomic mass is 10.0. The molecule has 0 unspecified atom stereocenters. The van der Waals surface area contributed by atoms with Crippen LogP contribution in [0.5, 0.6) is 5.75 Å². The largest absolute Gasteiger partial charge is 0.496 e. The number of fused-ring (bicyclic) bond motifs is 2. The second-order valence-electron chi connectivity index (χ2n) is 5.91. The van der Waals surface area contributed by atoms with E-state index in [4.69, 9.17) is 4.74 Å². The van der Waals surface area contributed by atoms with E-state index in [2.05, 4.69) is 4.98 Å². The fourth-order valence-electron chi connectivity index (χ4n) is 3.04. The van der Waals surface area contributed by atoms with Crippen molar-refractivity contribution < 1.29 is 9.53 Å². The Balaban J connectivity index is 1.80. The minimum atomic E-state index is -0.103. The number of carbonyl (C=O) groups is 1. The van der Waals surface area contributed by atoms with Crippen LogP contribution in [-0.4, -0.2) is 24.5 Å². The summed E-state index contributed by atoms with van der Waals surface area (Å²) in [6.07, 6.45) is 0. The molecule has 0 aliphatic rings. The van der Waals surface area contributed by atoms with Gasteiger partial charge in [0.1, 0.15) is 5.75 Å². The Labute approximate surface area is 155 Å². The molecule has 0 fully saturated rings. The summed E-state index contributed by atoms with van der Waals surface area (Å²) in [6.45, 7) is 2.49. The number of para-hydroxylation sites is 1. The van der Waals surface area contributed by atoms with Crippen LogP contribution in [0.1, 0.15) is 17.3 Å². The topological polar surface area (TPSA) is 42.4 Å². The minimum absolute atomic E-state index is 0.103. The van der Waals surface area contributed by atoms with Crippen LogP contribution in [-0.2, 0) is 0 Å². The SMILES string of the molecule is CCN(C(=O)c1cc2ccccc2cc1OC)c1nc2ccccc2s1. The summed E-state index contributed by atoms with van der Waals surface area (Å²) in [5, 5.41) is 2.76. The number of rotatable bonds is 4. The van der Waals surface area contributed by atoms with Crippen LogP contribution in [0.4, 0.5) is 5.13 Å². The smallest absolute Gasteiger partial charge is 0.263 e. The number of ether oxygens (including phenoxy) is 1. The number of hydrogen-bond donors (Lipinski definition) is 0. The maximum Gasteiger partial charge on any atom is 0.263 e. The van der Waals surface area contributed by atoms with Gasteiger partial charge in [-0.25, -0.2) is 4.98 Å². The van der Waals surface area contributed by atoms with Crippen molar-refractivity contribution in [2.45, 2.75) is 6.92 Å². The number of aromatic nitrogens is 1. The van der Waals surface area contributed by atoms with Crippen LogP contribution in [0.2, 0.25) is 0 Å². The van der Waals surface area contributed by atoms with Gasteiger partial charge in [0.2, 0.25) is 0 Å². The maximum atomic E-state index is 13.3. The number of methoxy groups -OCH3 is 1. The summed E-state index contributed by atoms with van der Waals surface area (Å²) in [5.74, 6) is 0.474. The van der Waals surface area contributed by atoms with Gasteiger partial charge < -0.3 is 4.74 Å². The van der Waals surface area contributed by atoms with E-state index in [0.717, 1.165) is 21.0 Å². The first-order valence-corrected chi connectivity index (χ1v) is 9.27. The highest BCUT2D eigenvalue weighted by Crippen LogP contribution is 2.32. The van der Waals surface area contributed by atoms with E-state index in [1.54, 1.807) is 12.0 Å². The number of hydrogen-bond acceptors (Lipinski definition) is 4. The van der Waals surface area contributed by atoms with Crippen molar-refractivity contribution in [2.75, 3.05) is 18.6 Å². The standard InChI is InChI=1S/C21H18N2O2S/c1-3-23(21-22-17-10-6-7-11-19(17)26-21)20(24)16-12-14-8-4-5-9-15(14)13-18(16)25-2/h4-13H,3H2,1-2H3. The van der Waals surface area contributed by atoms with Crippen LogP contribution >= 0.6 is 11.3 Å². The molecule has 5 heteroatoms. The first kappa shape index (κ1) is 16.5. The van der Waals surface area contributed by atoms with Crippen LogP contribution in [0.15, 0.2) is 60.7 Å². The Morgan fingerprint density at radius 1 is 1.08 bits per heavy atom. The highest BCUT2D eigenvalue weighted by Gasteiger charge is 2.23. The molecule has 0 saturated heterocycles. The van der Waals surface area contributed by atoms with E-state index in [9.17, 15) is 4.79 Å². The average Bonchev–Trinajstić information content (AvgIpc) is 3.11. The predicted molar refractivity (Wildman–Crippen MR) is 107 cm³/mol. The van der Waals surface area contributed by atoms with E-state index in [0.29, 0.717) is 23.0 Å². The molecular formula is C21H18N2O2S. The summed E-state index contributed by atoms with van der Waals surface area (Å²) in [4.78, 5) is 19.6. The third-order valence-electron chi connectivity index (χ3n) is 4.37. The molecule has 1 amide bonds. The van der Waals surface area contributed by atoms with Crippen molar-refractivity contribution in [2.24, 2.45) is 0 Å². The van der Waals surface area contributed by atoms with Gasteiger partial charge in [0.25, 0.3) is 5.91 Å². The molecule has 26 heavy (non-hydrogen) atoms. The monoisotopic (exact) mass is 362 g/mol. The third-order valence-corrected chi connectivity index (χ3v) is 5.43. The highest BCUT2D eigenvalue weighted by molar-refractivity contribution is 7.22. The molecular weight excluding hydrogens is 344 g/mol. The molecule has 4 rings (SSSR count). The van der Waals surface area contributed by atoms with E-state index >= 15 is 0 Å². The lowest BCUT2D eigenvalue weighted by Crippen LogP contribution is -2.30. The first-order chi connectivity index (χ1) is 12.7. The summed E-state index contributed by atoms with van der Waals surface area (Å²) >= 11 is 1.52. The minimum Gasteiger partial charge on any atom is -0.496 e. The van der Waals surface area contributed by atoms with Gasteiger partial charge in [-0.1, -0.05) is 47.7 Å². The number of amides is 1. The summed E-state index contributed by atoms with van der Waals surface area (Å²) in [5.41, 5.74) is 1.46. The zero-order valence-electron chi connectivity index (χ0n) is 14.6. The Morgan fingerprint density at radius 2 is 1.77 bits per heavy atom. The van der Waals surface area contributed by atoms with Gasteiger partial charge in [0, 0.05) is 6.54 Å². The van der Waals surface area contributed by atoms with Crippen molar-refractivity contribution in [3.63, 3.8) is 0 Å². The lowest BCUT2D eigenvalue weighted by molar-refractivity contribution is 0.0985. The average molecular weight is 362 g/mol. The van der Waals surface area contributed by atoms with Gasteiger partial charge in [-0.15, -0.1) is 0 Å². The molecule has 0 radical (unpaired) electrons. The fourth-order valence-corrected chi connectivity index (χ4v) is 4.07. The van der Waals surface area contributed by atoms with Gasteiger partial charge >= 0.3 is 0 Å². The van der Waals surface area contributed by atoms with Gasteiger partial charge in [-0.3, -0.25) is 9.69 Å². The number of thiazole rings is 1. The van der Waals surface area contributed by atoms with E-state index in [1.807, 2.05) is 67.6 Å². The predicted octanol–water partition coefficient (Wildman–Crippen LogP) is 5.12. The van der Waals surface area contributed by atoms with Gasteiger partial charge in [-0.2, -0.15) is 0 Å². The molecule has 1 aromatic heterocycles. The molecule has 0 saturated carbocycles. The summed E-state index contributed by atoms with van der Waals surface area (Å²) in [7, 11) is 1.59. The number of nitrogens with zero attached hydrogens (tertiary/aromatic N) is 2. The van der Waals surface area contributed by atoms with Crippen molar-refractivity contribution in [3.05, 3.63) is 66.2 Å². The summed E-state index contributed by atoms with van der Waals surface area (Å²) in [6, 6.07) is 19.7. The number of carbonyl (C=O) groups excluding carboxylic acids is 1. The Morgan fingerprint density at radius 3 is 2.46 bits per heavy atom. The van der Waals surface area contributed by atoms with E-state index in [-0.39, 0.29) is 5.91 Å². The zero-order valence-corrected chi connectivity index (χ0v) is 15.4. The molecule has 0 atom stereocenters. The molecule has 130 valence electrons. The third kappa shape index (κ3) is 2.80. The van der Waals surface area contributed by atoms with E-state index < -0.39 is 0 Å². The molecule has 3 aromatic carbocycles. The molecule has 0 aliphatic carbocycles. The molecule has 1 heterocycles. The first-order valence-electron chi connectivity index (χ1n) is 8.45. The van der Waals surface area contributed by atoms with Crippen molar-refractivity contribution in [1.82, 2.24) is 4.98 Å². The van der Waals surface area contributed by atoms with Gasteiger partial charge in [0.05, 0.1) is 22.9 Å². The molecule has 0 N–H and O–H groups in total. The Bertz CT molecular complexity index is 1070. The quantitative estimate of drug-likeness (QED) is 0.506. The second kappa shape index (κ2) is 6.77. The molecule has 0 bridgehead atoms. The molecule has 0 aliphatic heterocycles. The van der Waals surface area contributed by atoms with Crippen LogP contribution in [0.3, 0.4) is 0 Å². The maximum absolute atomic E-state index is 13.3. The Hall–Kier alpha value is -2.92. The van der Waals surface area contributed by atoms with Gasteiger partial charge in [0.15, 0.2) is 5.13 Å². The number of anilines is 1. The van der Waals surface area contributed by atoms with E-state index in [1.165, 1.54) is 11.3 Å². The molecule has 0 spiro atoms. The van der Waals surface area contributed by atoms with Crippen LogP contribution in [0.25, 0.3) is 21.0 Å². The van der Waals surface area contributed by atoms with Crippen molar-refractivity contribution in [1.29, 1.82) is 0 Å². The zero-order chi connectivity index (χ0) is 18.1. The highest BCUT2D eigenvalue weighted by atomic mass is 32.1. The van der Waals surface area contributed by atoms with Crippen molar-refractivity contribution >= 4 is 43.4 Å². The Kier molecular flexibility index (Phi) is 4.31. The summed E-state index contributed by atoms with van der Waals surface area (Å²) < 4.78 is 6.57. The van der Waals surface area contributed by atoms with Crippen LogP contribution in [0, 0.1) is 0 Å². The normalized spacial score (nSPS) is 11.0. The number of benzene rings is 3. The van der Waals surface area contributed by atoms with Gasteiger partial charge in [-0.05, 0) is 42.0 Å².